The zero-order chi connectivity index (χ0) is 22.8. The number of nitrogens with zero attached hydrogens (tertiary/aromatic N) is 4. The molecule has 0 unspecified atom stereocenters. The summed E-state index contributed by atoms with van der Waals surface area (Å²) in [5.41, 5.74) is 2.35. The fourth-order valence-electron chi connectivity index (χ4n) is 3.43. The summed E-state index contributed by atoms with van der Waals surface area (Å²) in [6.07, 6.45) is 1.31. The van der Waals surface area contributed by atoms with Crippen molar-refractivity contribution in [3.05, 3.63) is 47.2 Å². The van der Waals surface area contributed by atoms with E-state index in [2.05, 4.69) is 11.1 Å². The molecule has 1 fully saturated rings. The van der Waals surface area contributed by atoms with Crippen LogP contribution >= 0.6 is 0 Å². The van der Waals surface area contributed by atoms with Crippen molar-refractivity contribution in [2.75, 3.05) is 31.1 Å². The van der Waals surface area contributed by atoms with E-state index in [-0.39, 0.29) is 11.7 Å². The van der Waals surface area contributed by atoms with Crippen LogP contribution in [-0.4, -0.2) is 58.8 Å². The number of piperazine rings is 1. The van der Waals surface area contributed by atoms with E-state index in [0.717, 1.165) is 11.1 Å². The molecule has 1 aliphatic rings. The van der Waals surface area contributed by atoms with Crippen LogP contribution in [0.4, 0.5) is 10.6 Å². The molecule has 1 aromatic carbocycles. The first kappa shape index (κ1) is 22.1. The monoisotopic (exact) mass is 422 g/mol. The second-order valence-electron chi connectivity index (χ2n) is 8.50. The third-order valence-corrected chi connectivity index (χ3v) is 5.01. The Labute approximate surface area is 181 Å². The number of carboxylic acid groups (broad SMARTS) is 1. The maximum Gasteiger partial charge on any atom is 0.410 e. The number of ether oxygens (including phenoxy) is 1. The van der Waals surface area contributed by atoms with Crippen molar-refractivity contribution in [1.82, 2.24) is 9.88 Å². The first-order valence-electron chi connectivity index (χ1n) is 10.1. The fraction of sp³-hybridized carbons (Fsp3) is 0.391. The molecular weight excluding hydrogens is 396 g/mol. The van der Waals surface area contributed by atoms with E-state index in [1.165, 1.54) is 0 Å². The van der Waals surface area contributed by atoms with Crippen LogP contribution in [-0.2, 0) is 4.74 Å². The largest absolute Gasteiger partial charge is 0.478 e. The van der Waals surface area contributed by atoms with E-state index in [0.29, 0.717) is 43.1 Å². The summed E-state index contributed by atoms with van der Waals surface area (Å²) in [5, 5.41) is 19.0. The van der Waals surface area contributed by atoms with Crippen LogP contribution in [0.2, 0.25) is 0 Å². The third kappa shape index (κ3) is 5.12. The zero-order valence-electron chi connectivity index (χ0n) is 18.2. The molecule has 1 aliphatic heterocycles. The SMILES string of the molecule is Cc1ccc(C(=O)O)cc1-c1cnc(N2CCN(C(=O)OC(C)(C)C)CC2)c(C#N)c1. The van der Waals surface area contributed by atoms with Crippen LogP contribution in [0.1, 0.15) is 42.3 Å². The van der Waals surface area contributed by atoms with Gasteiger partial charge in [-0.3, -0.25) is 0 Å². The maximum absolute atomic E-state index is 12.3. The molecule has 2 aromatic rings. The smallest absolute Gasteiger partial charge is 0.410 e. The van der Waals surface area contributed by atoms with Gasteiger partial charge in [0.2, 0.25) is 0 Å². The Morgan fingerprint density at radius 1 is 1.16 bits per heavy atom. The summed E-state index contributed by atoms with van der Waals surface area (Å²) in [6.45, 7) is 9.41. The summed E-state index contributed by atoms with van der Waals surface area (Å²) in [5.74, 6) is -0.448. The number of nitriles is 1. The van der Waals surface area contributed by atoms with Gasteiger partial charge in [0.1, 0.15) is 17.5 Å². The lowest BCUT2D eigenvalue weighted by molar-refractivity contribution is 0.0240. The van der Waals surface area contributed by atoms with Crippen molar-refractivity contribution in [1.29, 1.82) is 5.26 Å². The molecule has 0 aliphatic carbocycles. The summed E-state index contributed by atoms with van der Waals surface area (Å²) in [6, 6.07) is 8.82. The number of aromatic carboxylic acids is 1. The van der Waals surface area contributed by atoms with Gasteiger partial charge in [-0.05, 0) is 57.0 Å². The quantitative estimate of drug-likeness (QED) is 0.804. The molecule has 0 saturated carbocycles. The lowest BCUT2D eigenvalue weighted by Crippen LogP contribution is -2.50. The second-order valence-corrected chi connectivity index (χ2v) is 8.50. The Balaban J connectivity index is 1.80. The van der Waals surface area contributed by atoms with Gasteiger partial charge in [-0.25, -0.2) is 14.6 Å². The van der Waals surface area contributed by atoms with E-state index < -0.39 is 11.6 Å². The molecule has 1 aromatic heterocycles. The molecule has 0 bridgehead atoms. The van der Waals surface area contributed by atoms with Gasteiger partial charge in [0.25, 0.3) is 0 Å². The summed E-state index contributed by atoms with van der Waals surface area (Å²) < 4.78 is 5.42. The highest BCUT2D eigenvalue weighted by atomic mass is 16.6. The van der Waals surface area contributed by atoms with E-state index >= 15 is 0 Å². The second kappa shape index (κ2) is 8.64. The van der Waals surface area contributed by atoms with Crippen LogP contribution < -0.4 is 4.90 Å². The topological polar surface area (TPSA) is 107 Å². The van der Waals surface area contributed by atoms with Crippen molar-refractivity contribution < 1.29 is 19.4 Å². The van der Waals surface area contributed by atoms with Gasteiger partial charge in [-0.1, -0.05) is 6.07 Å². The van der Waals surface area contributed by atoms with E-state index in [1.54, 1.807) is 35.4 Å². The Morgan fingerprint density at radius 3 is 2.42 bits per heavy atom. The van der Waals surface area contributed by atoms with Gasteiger partial charge in [0, 0.05) is 37.9 Å². The van der Waals surface area contributed by atoms with Crippen molar-refractivity contribution in [3.8, 4) is 17.2 Å². The molecule has 1 amide bonds. The Morgan fingerprint density at radius 2 is 1.84 bits per heavy atom. The number of rotatable bonds is 3. The molecule has 31 heavy (non-hydrogen) atoms. The van der Waals surface area contributed by atoms with Gasteiger partial charge >= 0.3 is 12.1 Å². The average Bonchev–Trinajstić information content (AvgIpc) is 2.72. The number of hydrogen-bond acceptors (Lipinski definition) is 6. The standard InChI is InChI=1S/C23H26N4O4/c1-15-5-6-16(21(28)29)12-19(15)18-11-17(13-24)20(25-14-18)26-7-9-27(10-8-26)22(30)31-23(2,3)4/h5-6,11-12,14H,7-10H2,1-4H3,(H,28,29). The Kier molecular flexibility index (Phi) is 6.16. The number of hydrogen-bond donors (Lipinski definition) is 1. The van der Waals surface area contributed by atoms with Crippen molar-refractivity contribution in [2.24, 2.45) is 0 Å². The summed E-state index contributed by atoms with van der Waals surface area (Å²) in [4.78, 5) is 31.7. The fourth-order valence-corrected chi connectivity index (χ4v) is 3.43. The lowest BCUT2D eigenvalue weighted by atomic mass is 9.98. The van der Waals surface area contributed by atoms with Crippen LogP contribution in [0.5, 0.6) is 0 Å². The lowest BCUT2D eigenvalue weighted by Gasteiger charge is -2.36. The minimum absolute atomic E-state index is 0.182. The highest BCUT2D eigenvalue weighted by molar-refractivity contribution is 5.90. The molecule has 0 spiro atoms. The highest BCUT2D eigenvalue weighted by Crippen LogP contribution is 2.29. The molecule has 3 rings (SSSR count). The number of carbonyl (C=O) groups is 2. The predicted octanol–water partition coefficient (Wildman–Crippen LogP) is 3.68. The van der Waals surface area contributed by atoms with Crippen molar-refractivity contribution in [3.63, 3.8) is 0 Å². The van der Waals surface area contributed by atoms with Crippen LogP contribution in [0.25, 0.3) is 11.1 Å². The molecule has 0 atom stereocenters. The summed E-state index contributed by atoms with van der Waals surface area (Å²) >= 11 is 0. The number of carbonyl (C=O) groups excluding carboxylic acids is 1. The zero-order valence-corrected chi connectivity index (χ0v) is 18.2. The van der Waals surface area contributed by atoms with E-state index in [1.807, 2.05) is 32.6 Å². The number of aromatic nitrogens is 1. The third-order valence-electron chi connectivity index (χ3n) is 5.01. The molecule has 162 valence electrons. The molecule has 8 nitrogen and oxygen atoms in total. The first-order chi connectivity index (χ1) is 14.6. The minimum Gasteiger partial charge on any atom is -0.478 e. The van der Waals surface area contributed by atoms with Gasteiger partial charge < -0.3 is 19.6 Å². The number of amides is 1. The number of carboxylic acids is 1. The molecule has 8 heteroatoms. The van der Waals surface area contributed by atoms with Gasteiger partial charge in [0.05, 0.1) is 11.1 Å². The number of pyridine rings is 1. The van der Waals surface area contributed by atoms with E-state index in [4.69, 9.17) is 4.74 Å². The maximum atomic E-state index is 12.3. The summed E-state index contributed by atoms with van der Waals surface area (Å²) in [7, 11) is 0. The Hall–Kier alpha value is -3.60. The Bertz CT molecular complexity index is 1040. The van der Waals surface area contributed by atoms with Crippen molar-refractivity contribution in [2.45, 2.75) is 33.3 Å². The normalized spacial score (nSPS) is 14.2. The first-order valence-corrected chi connectivity index (χ1v) is 10.1. The number of anilines is 1. The van der Waals surface area contributed by atoms with Crippen LogP contribution in [0.15, 0.2) is 30.5 Å². The van der Waals surface area contributed by atoms with Gasteiger partial charge in [-0.15, -0.1) is 0 Å². The molecule has 1 saturated heterocycles. The average molecular weight is 422 g/mol. The molecule has 0 radical (unpaired) electrons. The molecule has 2 heterocycles. The van der Waals surface area contributed by atoms with Gasteiger partial charge in [-0.2, -0.15) is 5.26 Å². The molecule has 1 N–H and O–H groups in total. The van der Waals surface area contributed by atoms with Gasteiger partial charge in [0.15, 0.2) is 0 Å². The van der Waals surface area contributed by atoms with E-state index in [9.17, 15) is 20.0 Å². The van der Waals surface area contributed by atoms with Crippen molar-refractivity contribution >= 4 is 17.9 Å². The highest BCUT2D eigenvalue weighted by Gasteiger charge is 2.27. The number of benzene rings is 1. The number of aryl methyl sites for hydroxylation is 1. The van der Waals surface area contributed by atoms with Crippen LogP contribution in [0, 0.1) is 18.3 Å². The predicted molar refractivity (Wildman–Crippen MR) is 116 cm³/mol. The van der Waals surface area contributed by atoms with Crippen LogP contribution in [0.3, 0.4) is 0 Å². The minimum atomic E-state index is -1.01. The molecular formula is C23H26N4O4.